The molecule has 0 heterocycles. The van der Waals surface area contributed by atoms with Crippen LogP contribution in [0, 0.1) is 0 Å². The van der Waals surface area contributed by atoms with Crippen LogP contribution < -0.4 is 5.73 Å². The summed E-state index contributed by atoms with van der Waals surface area (Å²) in [4.78, 5) is 11.2. The van der Waals surface area contributed by atoms with Crippen molar-refractivity contribution in [2.24, 2.45) is 5.73 Å². The lowest BCUT2D eigenvalue weighted by atomic mass is 10.3. The lowest BCUT2D eigenvalue weighted by Crippen LogP contribution is -2.12. The van der Waals surface area contributed by atoms with E-state index in [-0.39, 0.29) is 17.4 Å². The maximum absolute atomic E-state index is 10.4. The van der Waals surface area contributed by atoms with Crippen molar-refractivity contribution < 1.29 is 9.90 Å². The second kappa shape index (κ2) is 4.01. The van der Waals surface area contributed by atoms with Gasteiger partial charge < -0.3 is 10.8 Å². The highest BCUT2D eigenvalue weighted by atomic mass is 32.2. The van der Waals surface area contributed by atoms with E-state index in [2.05, 4.69) is 0 Å². The standard InChI is InChI=1S/C8H9NO2S/c9-8(11)5-12-7-3-1-2-6(10)4-7/h1-4,10H,5H2,(H2,9,11). The Morgan fingerprint density at radius 2 is 2.33 bits per heavy atom. The molecular formula is C8H9NO2S. The molecule has 0 spiro atoms. The number of phenolic OH excluding ortho intramolecular Hbond substituents is 1. The van der Waals surface area contributed by atoms with Crippen molar-refractivity contribution in [1.29, 1.82) is 0 Å². The van der Waals surface area contributed by atoms with Crippen molar-refractivity contribution in [2.75, 3.05) is 5.75 Å². The number of thioether (sulfide) groups is 1. The summed E-state index contributed by atoms with van der Waals surface area (Å²) in [5.74, 6) is 0.0801. The topological polar surface area (TPSA) is 63.3 Å². The lowest BCUT2D eigenvalue weighted by molar-refractivity contribution is -0.115. The number of rotatable bonds is 3. The van der Waals surface area contributed by atoms with Gasteiger partial charge in [0.15, 0.2) is 0 Å². The van der Waals surface area contributed by atoms with Gasteiger partial charge in [0, 0.05) is 4.90 Å². The zero-order chi connectivity index (χ0) is 8.97. The molecule has 12 heavy (non-hydrogen) atoms. The molecule has 0 saturated carbocycles. The second-order valence-corrected chi connectivity index (χ2v) is 3.30. The Balaban J connectivity index is 2.57. The van der Waals surface area contributed by atoms with Crippen LogP contribution in [0.4, 0.5) is 0 Å². The highest BCUT2D eigenvalue weighted by Gasteiger charge is 1.97. The predicted molar refractivity (Wildman–Crippen MR) is 48.0 cm³/mol. The third kappa shape index (κ3) is 2.84. The van der Waals surface area contributed by atoms with Crippen LogP contribution in [0.5, 0.6) is 5.75 Å². The molecule has 0 aliphatic heterocycles. The number of aromatic hydroxyl groups is 1. The monoisotopic (exact) mass is 183 g/mol. The van der Waals surface area contributed by atoms with E-state index in [1.165, 1.54) is 11.8 Å². The van der Waals surface area contributed by atoms with Crippen molar-refractivity contribution in [3.8, 4) is 5.75 Å². The first kappa shape index (κ1) is 8.93. The van der Waals surface area contributed by atoms with Gasteiger partial charge >= 0.3 is 0 Å². The molecule has 0 aromatic heterocycles. The summed E-state index contributed by atoms with van der Waals surface area (Å²) >= 11 is 1.31. The number of primary amides is 1. The number of carbonyl (C=O) groups excluding carboxylic acids is 1. The third-order valence-corrected chi connectivity index (χ3v) is 2.21. The van der Waals surface area contributed by atoms with E-state index < -0.39 is 0 Å². The zero-order valence-corrected chi connectivity index (χ0v) is 7.17. The highest BCUT2D eigenvalue weighted by Crippen LogP contribution is 2.21. The molecule has 0 saturated heterocycles. The van der Waals surface area contributed by atoms with Crippen LogP contribution in [0.2, 0.25) is 0 Å². The van der Waals surface area contributed by atoms with Crippen LogP contribution in [0.1, 0.15) is 0 Å². The summed E-state index contributed by atoms with van der Waals surface area (Å²) in [6, 6.07) is 6.70. The SMILES string of the molecule is NC(=O)CSc1cccc(O)c1. The van der Waals surface area contributed by atoms with Crippen LogP contribution in [-0.2, 0) is 4.79 Å². The number of benzene rings is 1. The number of phenols is 1. The number of amides is 1. The van der Waals surface area contributed by atoms with E-state index in [1.54, 1.807) is 18.2 Å². The van der Waals surface area contributed by atoms with Crippen LogP contribution in [0.25, 0.3) is 0 Å². The van der Waals surface area contributed by atoms with E-state index in [4.69, 9.17) is 10.8 Å². The van der Waals surface area contributed by atoms with E-state index in [0.717, 1.165) is 4.90 Å². The number of hydrogen-bond donors (Lipinski definition) is 2. The zero-order valence-electron chi connectivity index (χ0n) is 6.36. The van der Waals surface area contributed by atoms with Crippen molar-refractivity contribution in [2.45, 2.75) is 4.90 Å². The molecule has 1 rings (SSSR count). The second-order valence-electron chi connectivity index (χ2n) is 2.25. The minimum atomic E-state index is -0.358. The van der Waals surface area contributed by atoms with E-state index in [9.17, 15) is 4.79 Å². The fourth-order valence-corrected chi connectivity index (χ4v) is 1.42. The molecule has 0 atom stereocenters. The first-order chi connectivity index (χ1) is 5.68. The minimum Gasteiger partial charge on any atom is -0.508 e. The Labute approximate surface area is 74.6 Å². The molecule has 1 aromatic rings. The van der Waals surface area contributed by atoms with Gasteiger partial charge in [-0.2, -0.15) is 0 Å². The van der Waals surface area contributed by atoms with Gasteiger partial charge in [-0.05, 0) is 18.2 Å². The molecule has 1 aromatic carbocycles. The summed E-state index contributed by atoms with van der Waals surface area (Å²) in [5.41, 5.74) is 4.96. The average Bonchev–Trinajstić information content (AvgIpc) is 2.01. The number of hydrogen-bond acceptors (Lipinski definition) is 3. The summed E-state index contributed by atoms with van der Waals surface area (Å²) in [6.45, 7) is 0. The van der Waals surface area contributed by atoms with Gasteiger partial charge in [-0.1, -0.05) is 6.07 Å². The Morgan fingerprint density at radius 3 is 2.92 bits per heavy atom. The molecule has 0 aliphatic rings. The third-order valence-electron chi connectivity index (χ3n) is 1.20. The fraction of sp³-hybridized carbons (Fsp3) is 0.125. The molecule has 3 N–H and O–H groups in total. The maximum atomic E-state index is 10.4. The molecular weight excluding hydrogens is 174 g/mol. The van der Waals surface area contributed by atoms with Crippen molar-refractivity contribution in [1.82, 2.24) is 0 Å². The molecule has 4 heteroatoms. The summed E-state index contributed by atoms with van der Waals surface area (Å²) in [7, 11) is 0. The number of nitrogens with two attached hydrogens (primary N) is 1. The molecule has 0 aliphatic carbocycles. The van der Waals surface area contributed by atoms with E-state index >= 15 is 0 Å². The van der Waals surface area contributed by atoms with Gasteiger partial charge in [0.1, 0.15) is 5.75 Å². The van der Waals surface area contributed by atoms with Gasteiger partial charge in [-0.3, -0.25) is 4.79 Å². The van der Waals surface area contributed by atoms with E-state index in [1.807, 2.05) is 6.07 Å². The van der Waals surface area contributed by atoms with Crippen LogP contribution >= 0.6 is 11.8 Å². The van der Waals surface area contributed by atoms with E-state index in [0.29, 0.717) is 0 Å². The first-order valence-electron chi connectivity index (χ1n) is 3.38. The molecule has 0 radical (unpaired) electrons. The molecule has 0 unspecified atom stereocenters. The summed E-state index contributed by atoms with van der Waals surface area (Å²) < 4.78 is 0. The predicted octanol–water partition coefficient (Wildman–Crippen LogP) is 0.970. The largest absolute Gasteiger partial charge is 0.508 e. The molecule has 0 bridgehead atoms. The van der Waals surface area contributed by atoms with Gasteiger partial charge in [0.25, 0.3) is 0 Å². The molecule has 3 nitrogen and oxygen atoms in total. The van der Waals surface area contributed by atoms with Crippen LogP contribution in [0.3, 0.4) is 0 Å². The Hall–Kier alpha value is -1.16. The van der Waals surface area contributed by atoms with Gasteiger partial charge in [-0.25, -0.2) is 0 Å². The molecule has 64 valence electrons. The molecule has 1 amide bonds. The fourth-order valence-electron chi connectivity index (χ4n) is 0.728. The summed E-state index contributed by atoms with van der Waals surface area (Å²) in [5, 5.41) is 9.05. The quantitative estimate of drug-likeness (QED) is 0.686. The van der Waals surface area contributed by atoms with Crippen LogP contribution in [-0.4, -0.2) is 16.8 Å². The first-order valence-corrected chi connectivity index (χ1v) is 4.37. The van der Waals surface area contributed by atoms with Crippen LogP contribution in [0.15, 0.2) is 29.2 Å². The lowest BCUT2D eigenvalue weighted by Gasteiger charge is -1.98. The van der Waals surface area contributed by atoms with Crippen molar-refractivity contribution in [3.05, 3.63) is 24.3 Å². The van der Waals surface area contributed by atoms with Gasteiger partial charge in [0.2, 0.25) is 5.91 Å². The van der Waals surface area contributed by atoms with Gasteiger partial charge in [-0.15, -0.1) is 11.8 Å². The highest BCUT2D eigenvalue weighted by molar-refractivity contribution is 8.00. The smallest absolute Gasteiger partial charge is 0.227 e. The van der Waals surface area contributed by atoms with Crippen molar-refractivity contribution in [3.63, 3.8) is 0 Å². The number of carbonyl (C=O) groups is 1. The Bertz CT molecular complexity index is 288. The molecule has 0 fully saturated rings. The Kier molecular flexibility index (Phi) is 2.99. The minimum absolute atomic E-state index is 0.199. The summed E-state index contributed by atoms with van der Waals surface area (Å²) in [6.07, 6.45) is 0. The maximum Gasteiger partial charge on any atom is 0.227 e. The Morgan fingerprint density at radius 1 is 1.58 bits per heavy atom. The van der Waals surface area contributed by atoms with Crippen molar-refractivity contribution >= 4 is 17.7 Å². The normalized spacial score (nSPS) is 9.67. The van der Waals surface area contributed by atoms with Gasteiger partial charge in [0.05, 0.1) is 5.75 Å². The average molecular weight is 183 g/mol.